The Kier molecular flexibility index (Phi) is 8.14. The topological polar surface area (TPSA) is 136 Å². The molecule has 4 aromatic rings. The average molecular weight is 642 g/mol. The lowest BCUT2D eigenvalue weighted by Gasteiger charge is -2.36. The van der Waals surface area contributed by atoms with Crippen LogP contribution in [0.3, 0.4) is 0 Å². The molecule has 0 saturated carbocycles. The van der Waals surface area contributed by atoms with E-state index in [2.05, 4.69) is 26.1 Å². The number of ether oxygens (including phenoxy) is 2. The molecule has 0 aliphatic carbocycles. The number of hydrogen-bond donors (Lipinski definition) is 4. The van der Waals surface area contributed by atoms with Gasteiger partial charge in [-0.25, -0.2) is 8.78 Å². The van der Waals surface area contributed by atoms with Gasteiger partial charge in [0.15, 0.2) is 13.7 Å². The van der Waals surface area contributed by atoms with Gasteiger partial charge in [0, 0.05) is 42.8 Å². The Hall–Kier alpha value is -4.13. The Balaban J connectivity index is 1.34. The maximum atomic E-state index is 16.8. The van der Waals surface area contributed by atoms with Crippen molar-refractivity contribution >= 4 is 35.3 Å². The molecule has 2 radical (unpaired) electrons. The lowest BCUT2D eigenvalue weighted by atomic mass is 9.95. The first-order valence-electron chi connectivity index (χ1n) is 15.6. The van der Waals surface area contributed by atoms with Crippen molar-refractivity contribution in [3.05, 3.63) is 47.7 Å². The molecular formula is C33H33BF2N6O5. The number of nitrogens with zero attached hydrogens (tertiary/aromatic N) is 5. The number of aromatic nitrogens is 3. The lowest BCUT2D eigenvalue weighted by Crippen LogP contribution is -2.54. The van der Waals surface area contributed by atoms with E-state index in [0.717, 1.165) is 38.8 Å². The molecule has 3 fully saturated rings. The van der Waals surface area contributed by atoms with E-state index >= 15 is 4.39 Å². The normalized spacial score (nSPS) is 19.7. The molecule has 1 unspecified atom stereocenters. The Morgan fingerprint density at radius 3 is 2.68 bits per heavy atom. The predicted molar refractivity (Wildman–Crippen MR) is 171 cm³/mol. The summed E-state index contributed by atoms with van der Waals surface area (Å²) in [4.78, 5) is 18.1. The molecule has 47 heavy (non-hydrogen) atoms. The van der Waals surface area contributed by atoms with Crippen molar-refractivity contribution in [2.75, 3.05) is 50.8 Å². The third kappa shape index (κ3) is 5.94. The molecule has 14 heteroatoms. The number of aliphatic hydroxyl groups is 2. The van der Waals surface area contributed by atoms with E-state index in [4.69, 9.17) is 28.7 Å². The zero-order valence-electron chi connectivity index (χ0n) is 25.5. The van der Waals surface area contributed by atoms with E-state index in [-0.39, 0.29) is 57.7 Å². The monoisotopic (exact) mass is 642 g/mol. The van der Waals surface area contributed by atoms with Gasteiger partial charge < -0.3 is 35.0 Å². The van der Waals surface area contributed by atoms with Gasteiger partial charge in [-0.3, -0.25) is 9.88 Å². The van der Waals surface area contributed by atoms with Gasteiger partial charge in [0.2, 0.25) is 5.87 Å². The first-order valence-corrected chi connectivity index (χ1v) is 15.6. The fourth-order valence-corrected chi connectivity index (χ4v) is 7.28. The third-order valence-electron chi connectivity index (χ3n) is 9.43. The van der Waals surface area contributed by atoms with E-state index in [1.165, 1.54) is 30.5 Å². The third-order valence-corrected chi connectivity index (χ3v) is 9.43. The molecule has 2 aromatic heterocycles. The fourth-order valence-electron chi connectivity index (χ4n) is 7.28. The number of piperazine rings is 1. The van der Waals surface area contributed by atoms with Crippen molar-refractivity contribution in [1.82, 2.24) is 25.2 Å². The summed E-state index contributed by atoms with van der Waals surface area (Å²) in [6.07, 6.45) is 11.2. The van der Waals surface area contributed by atoms with Gasteiger partial charge in [-0.15, -0.1) is 6.42 Å². The lowest BCUT2D eigenvalue weighted by molar-refractivity contribution is -0.277. The van der Waals surface area contributed by atoms with Gasteiger partial charge in [0.25, 0.3) is 0 Å². The molecule has 1 atom stereocenters. The second-order valence-corrected chi connectivity index (χ2v) is 12.4. The molecule has 11 nitrogen and oxygen atoms in total. The Morgan fingerprint density at radius 2 is 1.94 bits per heavy atom. The molecule has 0 spiro atoms. The predicted octanol–water partition coefficient (Wildman–Crippen LogP) is 2.38. The number of aromatic hydroxyl groups is 1. The molecule has 3 aliphatic heterocycles. The van der Waals surface area contributed by atoms with Crippen LogP contribution in [0.15, 0.2) is 30.5 Å². The van der Waals surface area contributed by atoms with Crippen molar-refractivity contribution in [2.24, 2.45) is 0 Å². The minimum atomic E-state index is -2.79. The average Bonchev–Trinajstić information content (AvgIpc) is 3.63. The van der Waals surface area contributed by atoms with Crippen LogP contribution in [0.25, 0.3) is 32.9 Å². The number of anilines is 1. The molecular weight excluding hydrogens is 609 g/mol. The van der Waals surface area contributed by atoms with E-state index in [1.54, 1.807) is 0 Å². The van der Waals surface area contributed by atoms with E-state index in [0.29, 0.717) is 42.8 Å². The van der Waals surface area contributed by atoms with Crippen LogP contribution in [0.5, 0.6) is 11.8 Å². The highest BCUT2D eigenvalue weighted by atomic mass is 19.1. The van der Waals surface area contributed by atoms with Gasteiger partial charge in [-0.05, 0) is 62.4 Å². The van der Waals surface area contributed by atoms with Gasteiger partial charge in [0.05, 0.1) is 23.1 Å². The van der Waals surface area contributed by atoms with Crippen molar-refractivity contribution in [3.63, 3.8) is 0 Å². The highest BCUT2D eigenvalue weighted by molar-refractivity contribution is 6.11. The summed E-state index contributed by atoms with van der Waals surface area (Å²) in [5, 5.41) is 33.6. The summed E-state index contributed by atoms with van der Waals surface area (Å²) >= 11 is 0. The number of phenols is 1. The summed E-state index contributed by atoms with van der Waals surface area (Å²) in [7, 11) is 5.17. The largest absolute Gasteiger partial charge is 0.508 e. The Morgan fingerprint density at radius 1 is 1.15 bits per heavy atom. The summed E-state index contributed by atoms with van der Waals surface area (Å²) in [6, 6.07) is 4.99. The van der Waals surface area contributed by atoms with Crippen LogP contribution >= 0.6 is 0 Å². The van der Waals surface area contributed by atoms with Crippen LogP contribution in [-0.4, -0.2) is 106 Å². The minimum Gasteiger partial charge on any atom is -0.508 e. The standard InChI is InChI=1S/C33H33BF2N6O5/c1-2-22-25(35)6-5-19-13-21(43)14-23(26(19)22)28-27(36)29-24(15-38-28)30(41-12-9-37-20(16-41)17-47-33(34,44)45)40-31(39-29)46-18-32-7-3-10-42(32)11-4-8-32/h1,5-6,13-15,20,37,43-45H,3-4,7-12,16-18H2. The number of pyridine rings is 1. The van der Waals surface area contributed by atoms with Crippen LogP contribution in [0.2, 0.25) is 0 Å². The maximum Gasteiger partial charge on any atom is 0.319 e. The van der Waals surface area contributed by atoms with Crippen LogP contribution in [0.1, 0.15) is 31.2 Å². The second kappa shape index (κ2) is 12.2. The first-order chi connectivity index (χ1) is 22.5. The maximum absolute atomic E-state index is 16.8. The number of fused-ring (bicyclic) bond motifs is 3. The number of benzene rings is 2. The van der Waals surface area contributed by atoms with E-state index < -0.39 is 17.5 Å². The number of halogens is 2. The molecule has 242 valence electrons. The number of nitrogens with one attached hydrogen (secondary N) is 1. The number of terminal acetylenes is 1. The zero-order valence-corrected chi connectivity index (χ0v) is 25.5. The van der Waals surface area contributed by atoms with Crippen LogP contribution in [0, 0.1) is 24.0 Å². The summed E-state index contributed by atoms with van der Waals surface area (Å²) in [5.41, 5.74) is -0.333. The molecule has 7 rings (SSSR count). The van der Waals surface area contributed by atoms with Crippen molar-refractivity contribution in [3.8, 4) is 35.4 Å². The Labute approximate surface area is 270 Å². The molecule has 2 aromatic carbocycles. The van der Waals surface area contributed by atoms with E-state index in [1.807, 2.05) is 4.90 Å². The van der Waals surface area contributed by atoms with Gasteiger partial charge in [-0.1, -0.05) is 12.0 Å². The van der Waals surface area contributed by atoms with Crippen LogP contribution in [-0.2, 0) is 4.74 Å². The molecule has 0 bridgehead atoms. The van der Waals surface area contributed by atoms with Crippen molar-refractivity contribution in [2.45, 2.75) is 43.1 Å². The van der Waals surface area contributed by atoms with Gasteiger partial charge in [-0.2, -0.15) is 9.97 Å². The molecule has 5 heterocycles. The highest BCUT2D eigenvalue weighted by Gasteiger charge is 2.45. The Bertz CT molecular complexity index is 1890. The minimum absolute atomic E-state index is 0.00850. The fraction of sp³-hybridized carbons (Fsp3) is 0.424. The van der Waals surface area contributed by atoms with E-state index in [9.17, 15) is 19.7 Å². The second-order valence-electron chi connectivity index (χ2n) is 12.4. The SMILES string of the molecule is [B]C(O)(O)OCC1CN(c2nc(OCC34CCCN3CCC4)nc3c(F)c(-c4cc(O)cc5ccc(F)c(C#C)c45)ncc23)CCN1. The smallest absolute Gasteiger partial charge is 0.319 e. The van der Waals surface area contributed by atoms with Gasteiger partial charge in [0.1, 0.15) is 35.2 Å². The quantitative estimate of drug-likeness (QED) is 0.128. The summed E-state index contributed by atoms with van der Waals surface area (Å²) in [5.74, 6) is -1.72. The molecule has 3 saturated heterocycles. The molecule has 3 aliphatic rings. The number of hydrogen-bond acceptors (Lipinski definition) is 11. The van der Waals surface area contributed by atoms with Crippen LogP contribution < -0.4 is 15.0 Å². The van der Waals surface area contributed by atoms with Crippen molar-refractivity contribution in [1.29, 1.82) is 0 Å². The first kappa shape index (κ1) is 31.5. The number of rotatable bonds is 8. The molecule has 4 N–H and O–H groups in total. The van der Waals surface area contributed by atoms with Gasteiger partial charge >= 0.3 is 6.01 Å². The van der Waals surface area contributed by atoms with Crippen LogP contribution in [0.4, 0.5) is 14.6 Å². The zero-order chi connectivity index (χ0) is 32.9. The summed E-state index contributed by atoms with van der Waals surface area (Å²) < 4.78 is 42.9. The summed E-state index contributed by atoms with van der Waals surface area (Å²) in [6.45, 7) is 3.48. The van der Waals surface area contributed by atoms with Crippen molar-refractivity contribution < 1.29 is 33.6 Å². The number of phenolic OH excluding ortho intramolecular Hbond substituents is 1. The molecule has 0 amide bonds. The highest BCUT2D eigenvalue weighted by Crippen LogP contribution is 2.41.